The molecule has 3 heterocycles. The molecule has 0 aliphatic carbocycles. The van der Waals surface area contributed by atoms with E-state index in [-0.39, 0.29) is 22.9 Å². The predicted molar refractivity (Wildman–Crippen MR) is 147 cm³/mol. The topological polar surface area (TPSA) is 224 Å². The number of nitriles is 1. The van der Waals surface area contributed by atoms with Gasteiger partial charge >= 0.3 is 13.7 Å². The minimum Gasteiger partial charge on any atom is -0.462 e. The smallest absolute Gasteiger partial charge is 0.459 e. The van der Waals surface area contributed by atoms with Crippen molar-refractivity contribution in [2.45, 2.75) is 56.3 Å². The van der Waals surface area contributed by atoms with Gasteiger partial charge in [0.15, 0.2) is 5.60 Å². The van der Waals surface area contributed by atoms with Crippen LogP contribution in [0.5, 0.6) is 5.75 Å². The SMILES string of the molecule is C#C[C@]1(CO[P@@](=O)(N[C@@H](C)C(=O)OC(C)C)Oc2ccccc2)O[C@@](C#N)(c2ccc3c(=O)[nH]c(N)nn23)C(O)C1O. The van der Waals surface area contributed by atoms with Crippen LogP contribution in [0.1, 0.15) is 26.5 Å². The molecule has 1 aliphatic heterocycles. The van der Waals surface area contributed by atoms with Crippen LogP contribution in [-0.4, -0.2) is 67.3 Å². The number of nitrogens with zero attached hydrogens (tertiary/aromatic N) is 3. The lowest BCUT2D eigenvalue weighted by Crippen LogP contribution is -2.46. The number of aliphatic hydroxyl groups is 2. The van der Waals surface area contributed by atoms with E-state index in [2.05, 4.69) is 21.1 Å². The number of rotatable bonds is 10. The molecular formula is C26H29N6O9P. The van der Waals surface area contributed by atoms with Crippen molar-refractivity contribution in [2.75, 3.05) is 12.3 Å². The average molecular weight is 601 g/mol. The first-order valence-electron chi connectivity index (χ1n) is 12.6. The number of anilines is 1. The molecule has 3 aromatic rings. The summed E-state index contributed by atoms with van der Waals surface area (Å²) in [6.45, 7) is 3.75. The molecule has 1 aromatic carbocycles. The number of hydrogen-bond donors (Lipinski definition) is 5. The number of ether oxygens (including phenoxy) is 2. The zero-order chi connectivity index (χ0) is 30.9. The molecule has 42 heavy (non-hydrogen) atoms. The summed E-state index contributed by atoms with van der Waals surface area (Å²) in [4.78, 5) is 27.1. The third-order valence-electron chi connectivity index (χ3n) is 6.34. The minimum atomic E-state index is -4.49. The Balaban J connectivity index is 1.69. The maximum atomic E-state index is 13.9. The van der Waals surface area contributed by atoms with E-state index in [9.17, 15) is 29.6 Å². The van der Waals surface area contributed by atoms with E-state index in [4.69, 9.17) is 30.7 Å². The Morgan fingerprint density at radius 2 is 1.98 bits per heavy atom. The van der Waals surface area contributed by atoms with Gasteiger partial charge in [-0.2, -0.15) is 10.3 Å². The van der Waals surface area contributed by atoms with E-state index in [1.54, 1.807) is 32.0 Å². The lowest BCUT2D eigenvalue weighted by molar-refractivity contribution is -0.149. The van der Waals surface area contributed by atoms with Gasteiger partial charge < -0.3 is 29.9 Å². The van der Waals surface area contributed by atoms with Crippen molar-refractivity contribution in [3.05, 3.63) is 58.5 Å². The van der Waals surface area contributed by atoms with E-state index in [0.717, 1.165) is 4.52 Å². The first-order valence-corrected chi connectivity index (χ1v) is 14.1. The number of fused-ring (bicyclic) bond motifs is 1. The second kappa shape index (κ2) is 11.6. The third kappa shape index (κ3) is 5.62. The fourth-order valence-electron chi connectivity index (χ4n) is 4.32. The number of carbonyl (C=O) groups is 1. The summed E-state index contributed by atoms with van der Waals surface area (Å²) < 4.78 is 37.2. The fourth-order valence-corrected chi connectivity index (χ4v) is 5.85. The number of nitrogens with one attached hydrogen (secondary N) is 2. The van der Waals surface area contributed by atoms with Gasteiger partial charge in [-0.15, -0.1) is 11.5 Å². The third-order valence-corrected chi connectivity index (χ3v) is 7.96. The molecule has 0 spiro atoms. The Hall–Kier alpha value is -4.21. The lowest BCUT2D eigenvalue weighted by Gasteiger charge is -2.30. The van der Waals surface area contributed by atoms with Crippen LogP contribution in [0, 0.1) is 23.7 Å². The van der Waals surface area contributed by atoms with Crippen LogP contribution in [0.25, 0.3) is 5.52 Å². The number of terminal acetylenes is 1. The predicted octanol–water partition coefficient (Wildman–Crippen LogP) is 0.581. The molecule has 2 aromatic heterocycles. The van der Waals surface area contributed by atoms with Gasteiger partial charge in [0.05, 0.1) is 11.8 Å². The highest BCUT2D eigenvalue weighted by molar-refractivity contribution is 7.52. The van der Waals surface area contributed by atoms with Gasteiger partial charge in [0.25, 0.3) is 5.56 Å². The van der Waals surface area contributed by atoms with Gasteiger partial charge in [-0.3, -0.25) is 19.1 Å². The Labute approximate surface area is 239 Å². The largest absolute Gasteiger partial charge is 0.462 e. The van der Waals surface area contributed by atoms with Crippen LogP contribution in [0.15, 0.2) is 47.3 Å². The molecule has 0 amide bonds. The van der Waals surface area contributed by atoms with Crippen molar-refractivity contribution in [3.63, 3.8) is 0 Å². The molecular weight excluding hydrogens is 571 g/mol. The quantitative estimate of drug-likeness (QED) is 0.122. The van der Waals surface area contributed by atoms with E-state index < -0.39 is 61.4 Å². The van der Waals surface area contributed by atoms with Crippen molar-refractivity contribution in [2.24, 2.45) is 0 Å². The summed E-state index contributed by atoms with van der Waals surface area (Å²) in [6, 6.07) is 11.1. The molecule has 6 atom stereocenters. The minimum absolute atomic E-state index is 0.0409. The van der Waals surface area contributed by atoms with E-state index in [0.29, 0.717) is 0 Å². The number of nitrogen functional groups attached to an aromatic ring is 1. The highest BCUT2D eigenvalue weighted by atomic mass is 31.2. The number of nitrogens with two attached hydrogens (primary N) is 1. The molecule has 1 saturated heterocycles. The number of carbonyl (C=O) groups excluding carboxylic acids is 1. The summed E-state index contributed by atoms with van der Waals surface area (Å²) in [5.74, 6) is 1.24. The maximum absolute atomic E-state index is 13.9. The first kappa shape index (κ1) is 30.7. The normalized spacial score (nSPS) is 25.8. The molecule has 15 nitrogen and oxygen atoms in total. The standard InChI is InChI=1S/C26H29N6O9P/c1-5-25(14-38-42(37,40-17-9-7-6-8-10-17)31-16(4)23(36)39-15(2)3)20(33)21(34)26(13-27,41-25)19-12-11-18-22(35)29-24(28)30-32(18)19/h1,6-12,15-16,20-21,33-34H,14H2,2-4H3,(H,31,37)(H3,28,29,30,35)/t16-,20?,21?,25+,26-,42-/m0/s1. The first-order chi connectivity index (χ1) is 19.8. The average Bonchev–Trinajstić information content (AvgIpc) is 3.46. The molecule has 0 bridgehead atoms. The van der Waals surface area contributed by atoms with E-state index in [1.807, 2.05) is 6.07 Å². The van der Waals surface area contributed by atoms with Crippen LogP contribution >= 0.6 is 7.75 Å². The zero-order valence-electron chi connectivity index (χ0n) is 22.8. The van der Waals surface area contributed by atoms with Crippen molar-refractivity contribution in [1.29, 1.82) is 5.26 Å². The Morgan fingerprint density at radius 1 is 1.29 bits per heavy atom. The van der Waals surface area contributed by atoms with Crippen molar-refractivity contribution >= 4 is 25.2 Å². The number of esters is 1. The zero-order valence-corrected chi connectivity index (χ0v) is 23.6. The Morgan fingerprint density at radius 3 is 2.60 bits per heavy atom. The number of para-hydroxylation sites is 1. The number of aliphatic hydroxyl groups excluding tert-OH is 2. The van der Waals surface area contributed by atoms with Crippen LogP contribution in [0.4, 0.5) is 5.95 Å². The summed E-state index contributed by atoms with van der Waals surface area (Å²) in [7, 11) is -4.49. The Bertz CT molecular complexity index is 1660. The summed E-state index contributed by atoms with van der Waals surface area (Å²) in [6.07, 6.45) is 1.28. The monoisotopic (exact) mass is 600 g/mol. The molecule has 1 fully saturated rings. The summed E-state index contributed by atoms with van der Waals surface area (Å²) in [5, 5.41) is 38.9. The lowest BCUT2D eigenvalue weighted by atomic mass is 9.89. The highest BCUT2D eigenvalue weighted by Crippen LogP contribution is 2.50. The van der Waals surface area contributed by atoms with Crippen molar-refractivity contribution in [3.8, 4) is 24.2 Å². The number of aromatic nitrogens is 3. The molecule has 6 N–H and O–H groups in total. The van der Waals surface area contributed by atoms with Crippen molar-refractivity contribution < 1.29 is 38.1 Å². The molecule has 222 valence electrons. The number of benzene rings is 1. The van der Waals surface area contributed by atoms with Gasteiger partial charge in [0.2, 0.25) is 11.5 Å². The van der Waals surface area contributed by atoms with Crippen LogP contribution in [0.2, 0.25) is 0 Å². The van der Waals surface area contributed by atoms with Crippen LogP contribution in [-0.2, 0) is 29.0 Å². The highest BCUT2D eigenvalue weighted by Gasteiger charge is 2.65. The number of H-pyrrole nitrogens is 1. The van der Waals surface area contributed by atoms with Crippen molar-refractivity contribution in [1.82, 2.24) is 19.7 Å². The second-order valence-electron chi connectivity index (χ2n) is 9.74. The fraction of sp³-hybridized carbons (Fsp3) is 0.385. The van der Waals surface area contributed by atoms with E-state index >= 15 is 0 Å². The molecule has 4 rings (SSSR count). The molecule has 1 aliphatic rings. The van der Waals surface area contributed by atoms with Gasteiger partial charge in [-0.25, -0.2) is 9.08 Å². The van der Waals surface area contributed by atoms with Gasteiger partial charge in [-0.1, -0.05) is 24.1 Å². The summed E-state index contributed by atoms with van der Waals surface area (Å²) in [5.41, 5.74) is 0.133. The molecule has 0 radical (unpaired) electrons. The Kier molecular flexibility index (Phi) is 8.48. The van der Waals surface area contributed by atoms with Gasteiger partial charge in [-0.05, 0) is 45.0 Å². The van der Waals surface area contributed by atoms with Gasteiger partial charge in [0, 0.05) is 0 Å². The van der Waals surface area contributed by atoms with Crippen LogP contribution in [0.3, 0.4) is 0 Å². The summed E-state index contributed by atoms with van der Waals surface area (Å²) >= 11 is 0. The maximum Gasteiger partial charge on any atom is 0.459 e. The van der Waals surface area contributed by atoms with Crippen LogP contribution < -0.4 is 20.9 Å². The number of hydrogen-bond acceptors (Lipinski definition) is 12. The second-order valence-corrected chi connectivity index (χ2v) is 11.4. The number of aromatic amines is 1. The van der Waals surface area contributed by atoms with Gasteiger partial charge in [0.1, 0.15) is 42.2 Å². The molecule has 0 saturated carbocycles. The molecule has 2 unspecified atom stereocenters. The molecule has 16 heteroatoms. The van der Waals surface area contributed by atoms with E-state index in [1.165, 1.54) is 31.2 Å².